The number of hydrogen-bond donors (Lipinski definition) is 0. The maximum atomic E-state index is 5.78. The second kappa shape index (κ2) is 52.0. The Bertz CT molecular complexity index is 1370. The average molecular weight is 1250 g/mol. The molecule has 0 radical (unpaired) electrons. The molecule has 9 fully saturated rings. The lowest BCUT2D eigenvalue weighted by molar-refractivity contribution is -0.126. The summed E-state index contributed by atoms with van der Waals surface area (Å²) in [4.78, 5) is 0. The Balaban J connectivity index is 0. The van der Waals surface area contributed by atoms with Gasteiger partial charge in [-0.05, 0) is 171 Å². The SMILES string of the molecule is C.CC(C)C(C)(C)C.CC(C)C(C)C.CC(C)C1(C)COC1.CC(C)C1CC2CCC(C1)O2.CC(C)C1CCCCC1.CC(C)C1CCCCCC1.CC(C)C1CCCCCO1.CC(C)C1CCCCOC1.CC(C)C1CCCO1.CC(C)C1CCOC1. The Kier molecular flexibility index (Phi) is 53.1. The van der Waals surface area contributed by atoms with Crippen LogP contribution in [-0.4, -0.2) is 77.3 Å². The van der Waals surface area contributed by atoms with Crippen LogP contribution < -0.4 is 0 Å². The van der Waals surface area contributed by atoms with E-state index in [0.29, 0.717) is 41.2 Å². The predicted molar refractivity (Wildman–Crippen MR) is 391 cm³/mol. The maximum absolute atomic E-state index is 5.78. The van der Waals surface area contributed by atoms with Crippen LogP contribution in [0.15, 0.2) is 0 Å². The van der Waals surface area contributed by atoms with Crippen LogP contribution in [-0.2, 0) is 28.4 Å². The van der Waals surface area contributed by atoms with Gasteiger partial charge >= 0.3 is 0 Å². The Hall–Kier alpha value is -0.240. The molecule has 0 aromatic carbocycles. The van der Waals surface area contributed by atoms with Gasteiger partial charge in [-0.1, -0.05) is 277 Å². The van der Waals surface area contributed by atoms with E-state index < -0.39 is 0 Å². The van der Waals surface area contributed by atoms with Gasteiger partial charge < -0.3 is 28.4 Å². The highest BCUT2D eigenvalue weighted by molar-refractivity contribution is 4.86. The van der Waals surface area contributed by atoms with Crippen LogP contribution in [0.5, 0.6) is 0 Å². The first-order valence-electron chi connectivity index (χ1n) is 38.4. The zero-order chi connectivity index (χ0) is 66.1. The molecule has 6 unspecified atom stereocenters. The molecule has 9 aliphatic rings. The number of fused-ring (bicyclic) bond motifs is 2. The van der Waals surface area contributed by atoms with Crippen molar-refractivity contribution in [1.82, 2.24) is 0 Å². The third kappa shape index (κ3) is 44.4. The van der Waals surface area contributed by atoms with Crippen LogP contribution in [0.25, 0.3) is 0 Å². The Labute approximate surface area is 556 Å². The Morgan fingerprint density at radius 2 is 0.659 bits per heavy atom. The summed E-state index contributed by atoms with van der Waals surface area (Å²) in [5.41, 5.74) is 1.00. The number of hydrogen-bond acceptors (Lipinski definition) is 6. The Morgan fingerprint density at radius 3 is 0.966 bits per heavy atom. The third-order valence-corrected chi connectivity index (χ3v) is 22.2. The van der Waals surface area contributed by atoms with Crippen molar-refractivity contribution in [3.63, 3.8) is 0 Å². The van der Waals surface area contributed by atoms with Crippen LogP contribution in [0.1, 0.15) is 348 Å². The minimum absolute atomic E-state index is 0. The molecule has 0 N–H and O–H groups in total. The van der Waals surface area contributed by atoms with E-state index >= 15 is 0 Å². The molecule has 6 atom stereocenters. The molecule has 9 rings (SSSR count). The van der Waals surface area contributed by atoms with Gasteiger partial charge in [0.05, 0.1) is 37.6 Å². The molecule has 0 aromatic rings. The van der Waals surface area contributed by atoms with E-state index in [4.69, 9.17) is 28.4 Å². The molecule has 532 valence electrons. The third-order valence-electron chi connectivity index (χ3n) is 22.2. The van der Waals surface area contributed by atoms with Gasteiger partial charge in [-0.3, -0.25) is 0 Å². The molecule has 7 heterocycles. The van der Waals surface area contributed by atoms with Crippen LogP contribution >= 0.6 is 0 Å². The van der Waals surface area contributed by atoms with E-state index in [1.807, 2.05) is 0 Å². The van der Waals surface area contributed by atoms with Gasteiger partial charge in [-0.2, -0.15) is 0 Å². The largest absolute Gasteiger partial charge is 0.381 e. The molecule has 2 saturated carbocycles. The minimum atomic E-state index is 0. The second-order valence-corrected chi connectivity index (χ2v) is 34.1. The topological polar surface area (TPSA) is 55.4 Å². The van der Waals surface area contributed by atoms with E-state index in [-0.39, 0.29) is 7.43 Å². The molecular weight excluding hydrogens is 1080 g/mol. The van der Waals surface area contributed by atoms with Gasteiger partial charge in [0.2, 0.25) is 0 Å². The standard InChI is InChI=1S/C10H18O.C10H20.2C9H18O.C9H18.3C7H14O.C7H16.C6H14.CH4/c1-7(2)8-5-9-3-4-10(6-8)11-9;1-9(2)10-7-5-3-4-6-8-10;1-8(2)9-5-3-4-6-10-7-9;1-8(2)9-6-4-3-5-7-10-9;1-8(2)9-6-4-3-5-7-9;1-6(2)7(3)4-8-5-7;1-6(2)7-3-4-8-5-7;1-6(2)7-4-3-5-8-7;1-6(2)7(3,4)5;1-5(2)6(3)4;/h7-10H,3-6H2,1-2H3;9-10H,3-8H2,1-2H3;2*8-9H,3-7H2,1-2H3;8-9H,3-7H2,1-2H3;6H,4-5H2,1-3H3;2*6-7H,3-5H2,1-2H3;6H,1-5H3;5-6H,1-4H3;1H4. The van der Waals surface area contributed by atoms with E-state index in [2.05, 4.69) is 180 Å². The highest BCUT2D eigenvalue weighted by Gasteiger charge is 2.37. The molecular formula is C82H168O6. The van der Waals surface area contributed by atoms with E-state index in [9.17, 15) is 0 Å². The summed E-state index contributed by atoms with van der Waals surface area (Å²) in [5.74, 6) is 13.8. The van der Waals surface area contributed by atoms with Gasteiger partial charge in [0.25, 0.3) is 0 Å². The zero-order valence-corrected chi connectivity index (χ0v) is 64.3. The van der Waals surface area contributed by atoms with Crippen molar-refractivity contribution in [3.8, 4) is 0 Å². The summed E-state index contributed by atoms with van der Waals surface area (Å²) in [7, 11) is 0. The molecule has 6 heteroatoms. The molecule has 0 spiro atoms. The normalized spacial score (nSPS) is 26.4. The minimum Gasteiger partial charge on any atom is -0.381 e. The van der Waals surface area contributed by atoms with Crippen molar-refractivity contribution in [2.24, 2.45) is 106 Å². The fourth-order valence-electron chi connectivity index (χ4n) is 12.1. The van der Waals surface area contributed by atoms with Crippen LogP contribution in [0, 0.1) is 106 Å². The maximum Gasteiger partial charge on any atom is 0.0598 e. The summed E-state index contributed by atoms with van der Waals surface area (Å²) < 4.78 is 32.6. The smallest absolute Gasteiger partial charge is 0.0598 e. The molecule has 7 saturated heterocycles. The van der Waals surface area contributed by atoms with Gasteiger partial charge in [-0.15, -0.1) is 0 Å². The highest BCUT2D eigenvalue weighted by atomic mass is 16.5. The van der Waals surface area contributed by atoms with Crippen molar-refractivity contribution < 1.29 is 28.4 Å². The fourth-order valence-corrected chi connectivity index (χ4v) is 12.1. The van der Waals surface area contributed by atoms with E-state index in [0.717, 1.165) is 142 Å². The van der Waals surface area contributed by atoms with Gasteiger partial charge in [-0.25, -0.2) is 0 Å². The van der Waals surface area contributed by atoms with Crippen LogP contribution in [0.4, 0.5) is 0 Å². The first-order chi connectivity index (χ1) is 40.8. The van der Waals surface area contributed by atoms with Crippen molar-refractivity contribution in [3.05, 3.63) is 0 Å². The Morgan fingerprint density at radius 1 is 0.330 bits per heavy atom. The molecule has 88 heavy (non-hydrogen) atoms. The van der Waals surface area contributed by atoms with Crippen LogP contribution in [0.3, 0.4) is 0 Å². The van der Waals surface area contributed by atoms with E-state index in [1.54, 1.807) is 0 Å². The summed E-state index contributed by atoms with van der Waals surface area (Å²) in [6.07, 6.45) is 37.2. The van der Waals surface area contributed by atoms with Crippen LogP contribution in [0.2, 0.25) is 0 Å². The lowest BCUT2D eigenvalue weighted by Gasteiger charge is -2.41. The van der Waals surface area contributed by atoms with Crippen molar-refractivity contribution in [2.75, 3.05) is 52.9 Å². The summed E-state index contributed by atoms with van der Waals surface area (Å²) in [6, 6.07) is 0. The predicted octanol–water partition coefficient (Wildman–Crippen LogP) is 25.3. The summed E-state index contributed by atoms with van der Waals surface area (Å²) >= 11 is 0. The highest BCUT2D eigenvalue weighted by Crippen LogP contribution is 2.39. The van der Waals surface area contributed by atoms with E-state index in [1.165, 1.54) is 161 Å². The monoisotopic (exact) mass is 1250 g/mol. The summed E-state index contributed by atoms with van der Waals surface area (Å²) in [6.45, 7) is 67.1. The average Bonchev–Trinajstić information content (AvgIpc) is 3.46. The van der Waals surface area contributed by atoms with Crippen molar-refractivity contribution >= 4 is 0 Å². The van der Waals surface area contributed by atoms with Gasteiger partial charge in [0, 0.05) is 45.1 Å². The lowest BCUT2D eigenvalue weighted by Crippen LogP contribution is -2.43. The first-order valence-corrected chi connectivity index (χ1v) is 38.4. The molecule has 0 aromatic heterocycles. The number of ether oxygens (including phenoxy) is 6. The lowest BCUT2D eigenvalue weighted by atomic mass is 9.78. The first kappa shape index (κ1) is 89.8. The zero-order valence-electron chi connectivity index (χ0n) is 64.3. The molecule has 7 aliphatic heterocycles. The molecule has 0 amide bonds. The van der Waals surface area contributed by atoms with Gasteiger partial charge in [0.15, 0.2) is 0 Å². The van der Waals surface area contributed by atoms with Crippen molar-refractivity contribution in [1.29, 1.82) is 0 Å². The fraction of sp³-hybridized carbons (Fsp3) is 1.00. The molecule has 2 aliphatic carbocycles. The molecule has 6 nitrogen and oxygen atoms in total. The summed E-state index contributed by atoms with van der Waals surface area (Å²) in [5, 5.41) is 0. The van der Waals surface area contributed by atoms with Crippen molar-refractivity contribution in [2.45, 2.75) is 372 Å². The molecule has 2 bridgehead atoms. The second-order valence-electron chi connectivity index (χ2n) is 34.1. The number of rotatable bonds is 9. The van der Waals surface area contributed by atoms with Gasteiger partial charge in [0.1, 0.15) is 0 Å². The quantitative estimate of drug-likeness (QED) is 0.215.